The van der Waals surface area contributed by atoms with Gasteiger partial charge in [-0.3, -0.25) is 4.79 Å². The van der Waals surface area contributed by atoms with Crippen molar-refractivity contribution in [3.05, 3.63) is 40.5 Å². The van der Waals surface area contributed by atoms with Crippen molar-refractivity contribution < 1.29 is 9.53 Å². The smallest absolute Gasteiger partial charge is 0.252 e. The molecule has 4 heteroatoms. The molecule has 2 aromatic rings. The quantitative estimate of drug-likeness (QED) is 0.800. The van der Waals surface area contributed by atoms with Crippen molar-refractivity contribution in [2.75, 3.05) is 6.61 Å². The number of hydrogen-bond acceptors (Lipinski definition) is 3. The van der Waals surface area contributed by atoms with Crippen LogP contribution in [-0.2, 0) is 0 Å². The Morgan fingerprint density at radius 2 is 1.90 bits per heavy atom. The predicted molar refractivity (Wildman–Crippen MR) is 79.5 cm³/mol. The third kappa shape index (κ3) is 2.35. The molecule has 0 aliphatic carbocycles. The van der Waals surface area contributed by atoms with Gasteiger partial charge < -0.3 is 4.74 Å². The molecular weight excluding hydrogens is 274 g/mol. The van der Waals surface area contributed by atoms with E-state index in [1.54, 1.807) is 0 Å². The van der Waals surface area contributed by atoms with E-state index in [9.17, 15) is 4.79 Å². The maximum Gasteiger partial charge on any atom is 0.252 e. The van der Waals surface area contributed by atoms with E-state index < -0.39 is 5.24 Å². The van der Waals surface area contributed by atoms with Crippen molar-refractivity contribution in [1.82, 2.24) is 0 Å². The largest absolute Gasteiger partial charge is 0.479 e. The fraction of sp³-hybridized carbons (Fsp3) is 0.250. The molecule has 0 spiro atoms. The number of ether oxygens (including phenoxy) is 1. The van der Waals surface area contributed by atoms with Crippen LogP contribution in [0.25, 0.3) is 10.8 Å². The zero-order chi connectivity index (χ0) is 14.9. The molecule has 20 heavy (non-hydrogen) atoms. The lowest BCUT2D eigenvalue weighted by Crippen LogP contribution is -2.02. The maximum absolute atomic E-state index is 11.6. The van der Waals surface area contributed by atoms with Crippen LogP contribution in [0.1, 0.15) is 27.0 Å². The van der Waals surface area contributed by atoms with Crippen LogP contribution in [0, 0.1) is 32.1 Å². The SMILES string of the molecule is Cc1c(C(=O)Cl)c(C)c2cc(OCC#N)ccc2c1C. The number of fused-ring (bicyclic) bond motifs is 1. The topological polar surface area (TPSA) is 50.1 Å². The Bertz CT molecular complexity index is 744. The van der Waals surface area contributed by atoms with Crippen LogP contribution in [0.2, 0.25) is 0 Å². The van der Waals surface area contributed by atoms with Crippen molar-refractivity contribution in [3.8, 4) is 11.8 Å². The van der Waals surface area contributed by atoms with E-state index in [2.05, 4.69) is 0 Å². The fourth-order valence-electron chi connectivity index (χ4n) is 2.47. The minimum Gasteiger partial charge on any atom is -0.479 e. The molecule has 0 aliphatic rings. The highest BCUT2D eigenvalue weighted by molar-refractivity contribution is 6.68. The van der Waals surface area contributed by atoms with Crippen molar-refractivity contribution >= 4 is 27.6 Å². The first-order valence-electron chi connectivity index (χ1n) is 6.20. The van der Waals surface area contributed by atoms with Crippen LogP contribution in [-0.4, -0.2) is 11.8 Å². The van der Waals surface area contributed by atoms with Crippen molar-refractivity contribution in [3.63, 3.8) is 0 Å². The Labute approximate surface area is 122 Å². The van der Waals surface area contributed by atoms with Crippen LogP contribution >= 0.6 is 11.6 Å². The van der Waals surface area contributed by atoms with Crippen molar-refractivity contribution in [1.29, 1.82) is 5.26 Å². The summed E-state index contributed by atoms with van der Waals surface area (Å²) in [7, 11) is 0. The molecule has 0 saturated carbocycles. The number of aryl methyl sites for hydroxylation is 2. The number of carbonyl (C=O) groups is 1. The molecule has 0 fully saturated rings. The van der Waals surface area contributed by atoms with E-state index in [1.165, 1.54) is 0 Å². The molecule has 2 aromatic carbocycles. The minimum absolute atomic E-state index is 0.00328. The van der Waals surface area contributed by atoms with E-state index in [0.717, 1.165) is 27.5 Å². The van der Waals surface area contributed by atoms with E-state index in [4.69, 9.17) is 21.6 Å². The Kier molecular flexibility index (Phi) is 3.96. The minimum atomic E-state index is -0.451. The van der Waals surface area contributed by atoms with Crippen molar-refractivity contribution in [2.45, 2.75) is 20.8 Å². The van der Waals surface area contributed by atoms with Gasteiger partial charge in [-0.2, -0.15) is 5.26 Å². The summed E-state index contributed by atoms with van der Waals surface area (Å²) in [4.78, 5) is 11.6. The van der Waals surface area contributed by atoms with Gasteiger partial charge in [0.25, 0.3) is 5.24 Å². The Morgan fingerprint density at radius 1 is 1.20 bits per heavy atom. The van der Waals surface area contributed by atoms with Crippen LogP contribution < -0.4 is 4.74 Å². The van der Waals surface area contributed by atoms with Gasteiger partial charge in [0.05, 0.1) is 0 Å². The third-order valence-corrected chi connectivity index (χ3v) is 3.80. The Hall–Kier alpha value is -2.05. The zero-order valence-electron chi connectivity index (χ0n) is 11.6. The molecule has 0 radical (unpaired) electrons. The zero-order valence-corrected chi connectivity index (χ0v) is 12.3. The van der Waals surface area contributed by atoms with Crippen LogP contribution in [0.3, 0.4) is 0 Å². The first kappa shape index (κ1) is 14.4. The second-order valence-electron chi connectivity index (χ2n) is 4.68. The molecular formula is C16H14ClNO2. The third-order valence-electron chi connectivity index (χ3n) is 3.61. The van der Waals surface area contributed by atoms with E-state index in [-0.39, 0.29) is 6.61 Å². The summed E-state index contributed by atoms with van der Waals surface area (Å²) in [6, 6.07) is 7.55. The molecule has 0 amide bonds. The highest BCUT2D eigenvalue weighted by atomic mass is 35.5. The lowest BCUT2D eigenvalue weighted by molar-refractivity contribution is 0.108. The van der Waals surface area contributed by atoms with Gasteiger partial charge in [0.1, 0.15) is 11.8 Å². The monoisotopic (exact) mass is 287 g/mol. The second kappa shape index (κ2) is 5.52. The van der Waals surface area contributed by atoms with Gasteiger partial charge in [-0.05, 0) is 72.0 Å². The molecule has 0 N–H and O–H groups in total. The van der Waals surface area contributed by atoms with E-state index in [0.29, 0.717) is 11.3 Å². The number of rotatable bonds is 3. The van der Waals surface area contributed by atoms with Gasteiger partial charge in [-0.1, -0.05) is 6.07 Å². The normalized spacial score (nSPS) is 10.3. The van der Waals surface area contributed by atoms with Gasteiger partial charge in [0.15, 0.2) is 6.61 Å². The standard InChI is InChI=1S/C16H14ClNO2/c1-9-10(2)15(16(17)19)11(3)14-8-12(20-7-6-18)4-5-13(9)14/h4-5,8H,7H2,1-3H3. The number of nitriles is 1. The summed E-state index contributed by atoms with van der Waals surface area (Å²) in [6.07, 6.45) is 0. The first-order valence-corrected chi connectivity index (χ1v) is 6.58. The second-order valence-corrected chi connectivity index (χ2v) is 5.02. The van der Waals surface area contributed by atoms with Crippen molar-refractivity contribution in [2.24, 2.45) is 0 Å². The summed E-state index contributed by atoms with van der Waals surface area (Å²) >= 11 is 5.70. The summed E-state index contributed by atoms with van der Waals surface area (Å²) < 4.78 is 5.31. The summed E-state index contributed by atoms with van der Waals surface area (Å²) in [5.74, 6) is 0.610. The average Bonchev–Trinajstić information content (AvgIpc) is 2.42. The van der Waals surface area contributed by atoms with Crippen LogP contribution in [0.15, 0.2) is 18.2 Å². The highest BCUT2D eigenvalue weighted by Crippen LogP contribution is 2.32. The average molecular weight is 288 g/mol. The number of halogens is 1. The summed E-state index contributed by atoms with van der Waals surface area (Å²) in [6.45, 7) is 5.74. The number of carbonyl (C=O) groups excluding carboxylic acids is 1. The molecule has 0 aromatic heterocycles. The fourth-order valence-corrected chi connectivity index (χ4v) is 2.75. The van der Waals surface area contributed by atoms with Crippen LogP contribution in [0.4, 0.5) is 0 Å². The molecule has 0 bridgehead atoms. The number of hydrogen-bond donors (Lipinski definition) is 0. The van der Waals surface area contributed by atoms with Gasteiger partial charge in [-0.25, -0.2) is 0 Å². The first-order chi connectivity index (χ1) is 9.47. The molecule has 0 heterocycles. The molecule has 0 atom stereocenters. The maximum atomic E-state index is 11.6. The number of benzene rings is 2. The van der Waals surface area contributed by atoms with Gasteiger partial charge in [0.2, 0.25) is 0 Å². The molecule has 0 saturated heterocycles. The lowest BCUT2D eigenvalue weighted by Gasteiger charge is -2.15. The van der Waals surface area contributed by atoms with E-state index in [1.807, 2.05) is 45.0 Å². The molecule has 3 nitrogen and oxygen atoms in total. The van der Waals surface area contributed by atoms with Gasteiger partial charge in [-0.15, -0.1) is 0 Å². The molecule has 2 rings (SSSR count). The van der Waals surface area contributed by atoms with Crippen LogP contribution in [0.5, 0.6) is 5.75 Å². The number of nitrogens with zero attached hydrogens (tertiary/aromatic N) is 1. The molecule has 102 valence electrons. The molecule has 0 aliphatic heterocycles. The lowest BCUT2D eigenvalue weighted by atomic mass is 9.91. The highest BCUT2D eigenvalue weighted by Gasteiger charge is 2.16. The Balaban J connectivity index is 2.74. The van der Waals surface area contributed by atoms with Gasteiger partial charge >= 0.3 is 0 Å². The van der Waals surface area contributed by atoms with Gasteiger partial charge in [0, 0.05) is 5.56 Å². The van der Waals surface area contributed by atoms with E-state index >= 15 is 0 Å². The summed E-state index contributed by atoms with van der Waals surface area (Å²) in [5.41, 5.74) is 3.32. The predicted octanol–water partition coefficient (Wildman–Crippen LogP) is 4.05. The molecule has 0 unspecified atom stereocenters. The Morgan fingerprint density at radius 3 is 2.50 bits per heavy atom. The summed E-state index contributed by atoms with van der Waals surface area (Å²) in [5, 5.41) is 10.1.